The number of nitrogens with zero attached hydrogens (tertiary/aromatic N) is 2. The van der Waals surface area contributed by atoms with E-state index in [1.165, 1.54) is 0 Å². The highest BCUT2D eigenvalue weighted by Gasteiger charge is 2.15. The van der Waals surface area contributed by atoms with Gasteiger partial charge in [-0.1, -0.05) is 28.1 Å². The molecule has 0 aliphatic rings. The first-order valence-corrected chi connectivity index (χ1v) is 7.06. The normalized spacial score (nSPS) is 10.5. The van der Waals surface area contributed by atoms with E-state index in [0.29, 0.717) is 6.54 Å². The van der Waals surface area contributed by atoms with Crippen molar-refractivity contribution < 1.29 is 4.79 Å². The molecule has 0 fully saturated rings. The first-order valence-electron chi connectivity index (χ1n) is 6.27. The van der Waals surface area contributed by atoms with Crippen LogP contribution in [0.25, 0.3) is 0 Å². The summed E-state index contributed by atoms with van der Waals surface area (Å²) in [6.07, 6.45) is 1.93. The Morgan fingerprint density at radius 1 is 1.32 bits per heavy atom. The lowest BCUT2D eigenvalue weighted by atomic mass is 10.2. The van der Waals surface area contributed by atoms with E-state index in [2.05, 4.69) is 15.9 Å². The van der Waals surface area contributed by atoms with Crippen LogP contribution in [0.4, 0.5) is 0 Å². The summed E-state index contributed by atoms with van der Waals surface area (Å²) in [7, 11) is 1.83. The lowest BCUT2D eigenvalue weighted by Gasteiger charge is -2.18. The maximum absolute atomic E-state index is 12.4. The summed E-state index contributed by atoms with van der Waals surface area (Å²) in [6, 6.07) is 11.8. The molecule has 1 amide bonds. The molecule has 0 atom stereocenters. The van der Waals surface area contributed by atoms with Crippen LogP contribution in [-0.2, 0) is 13.1 Å². The second kappa shape index (κ2) is 6.06. The molecule has 19 heavy (non-hydrogen) atoms. The summed E-state index contributed by atoms with van der Waals surface area (Å²) < 4.78 is 2.99. The molecular weight excluding hydrogens is 304 g/mol. The summed E-state index contributed by atoms with van der Waals surface area (Å²) >= 11 is 3.44. The number of aryl methyl sites for hydroxylation is 1. The van der Waals surface area contributed by atoms with E-state index in [9.17, 15) is 4.79 Å². The zero-order chi connectivity index (χ0) is 13.8. The molecular formula is C15H17BrN2O. The summed E-state index contributed by atoms with van der Waals surface area (Å²) in [5, 5.41) is 0. The van der Waals surface area contributed by atoms with Crippen LogP contribution in [0.5, 0.6) is 0 Å². The van der Waals surface area contributed by atoms with Crippen LogP contribution >= 0.6 is 15.9 Å². The smallest absolute Gasteiger partial charge is 0.270 e. The van der Waals surface area contributed by atoms with Crippen LogP contribution in [0.2, 0.25) is 0 Å². The van der Waals surface area contributed by atoms with Gasteiger partial charge in [-0.15, -0.1) is 0 Å². The Morgan fingerprint density at radius 2 is 2.11 bits per heavy atom. The lowest BCUT2D eigenvalue weighted by Crippen LogP contribution is -2.28. The van der Waals surface area contributed by atoms with Gasteiger partial charge in [0.05, 0.1) is 0 Å². The first kappa shape index (κ1) is 13.9. The second-order valence-electron chi connectivity index (χ2n) is 4.47. The molecule has 1 aromatic heterocycles. The zero-order valence-corrected chi connectivity index (χ0v) is 12.7. The van der Waals surface area contributed by atoms with Crippen molar-refractivity contribution in [3.63, 3.8) is 0 Å². The number of carbonyl (C=O) groups excluding carboxylic acids is 1. The largest absolute Gasteiger partial charge is 0.344 e. The molecule has 2 aromatic rings. The van der Waals surface area contributed by atoms with Crippen molar-refractivity contribution in [1.82, 2.24) is 9.47 Å². The fourth-order valence-electron chi connectivity index (χ4n) is 2.06. The van der Waals surface area contributed by atoms with Crippen molar-refractivity contribution in [3.8, 4) is 0 Å². The minimum atomic E-state index is 0.0480. The Labute approximate surface area is 122 Å². The van der Waals surface area contributed by atoms with Gasteiger partial charge in [0.15, 0.2) is 0 Å². The fraction of sp³-hybridized carbons (Fsp3) is 0.267. The molecule has 1 heterocycles. The number of carbonyl (C=O) groups is 1. The molecule has 0 bridgehead atoms. The summed E-state index contributed by atoms with van der Waals surface area (Å²) in [5.41, 5.74) is 1.85. The van der Waals surface area contributed by atoms with Crippen LogP contribution in [0, 0.1) is 0 Å². The van der Waals surface area contributed by atoms with Crippen molar-refractivity contribution in [1.29, 1.82) is 0 Å². The van der Waals surface area contributed by atoms with Crippen LogP contribution in [0.15, 0.2) is 47.1 Å². The van der Waals surface area contributed by atoms with Gasteiger partial charge in [0.2, 0.25) is 0 Å². The third kappa shape index (κ3) is 3.26. The molecule has 0 saturated heterocycles. The van der Waals surface area contributed by atoms with E-state index in [1.807, 2.05) is 61.1 Å². The van der Waals surface area contributed by atoms with Gasteiger partial charge >= 0.3 is 0 Å². The van der Waals surface area contributed by atoms with E-state index >= 15 is 0 Å². The Kier molecular flexibility index (Phi) is 4.43. The maximum Gasteiger partial charge on any atom is 0.270 e. The number of hydrogen-bond donors (Lipinski definition) is 0. The molecule has 4 heteroatoms. The van der Waals surface area contributed by atoms with Gasteiger partial charge in [0.1, 0.15) is 5.69 Å². The highest BCUT2D eigenvalue weighted by atomic mass is 79.9. The summed E-state index contributed by atoms with van der Waals surface area (Å²) in [4.78, 5) is 14.1. The van der Waals surface area contributed by atoms with Crippen molar-refractivity contribution in [2.24, 2.45) is 0 Å². The van der Waals surface area contributed by atoms with Crippen molar-refractivity contribution in [3.05, 3.63) is 58.3 Å². The Morgan fingerprint density at radius 3 is 2.79 bits per heavy atom. The standard InChI is InChI=1S/C15H17BrN2O/c1-3-18-9-5-8-14(18)15(19)17(2)11-12-6-4-7-13(16)10-12/h4-10H,3,11H2,1-2H3. The van der Waals surface area contributed by atoms with E-state index < -0.39 is 0 Å². The first-order chi connectivity index (χ1) is 9.11. The molecule has 0 aliphatic heterocycles. The molecule has 0 saturated carbocycles. The monoisotopic (exact) mass is 320 g/mol. The number of amides is 1. The maximum atomic E-state index is 12.4. The molecule has 3 nitrogen and oxygen atoms in total. The van der Waals surface area contributed by atoms with Gasteiger partial charge < -0.3 is 9.47 Å². The highest BCUT2D eigenvalue weighted by Crippen LogP contribution is 2.14. The second-order valence-corrected chi connectivity index (χ2v) is 5.39. The number of hydrogen-bond acceptors (Lipinski definition) is 1. The average molecular weight is 321 g/mol. The molecule has 0 spiro atoms. The van der Waals surface area contributed by atoms with Crippen molar-refractivity contribution in [2.75, 3.05) is 7.05 Å². The topological polar surface area (TPSA) is 25.2 Å². The SMILES string of the molecule is CCn1cccc1C(=O)N(C)Cc1cccc(Br)c1. The van der Waals surface area contributed by atoms with Crippen molar-refractivity contribution in [2.45, 2.75) is 20.0 Å². The third-order valence-corrected chi connectivity index (χ3v) is 3.54. The van der Waals surface area contributed by atoms with E-state index in [-0.39, 0.29) is 5.91 Å². The highest BCUT2D eigenvalue weighted by molar-refractivity contribution is 9.10. The van der Waals surface area contributed by atoms with Gasteiger partial charge in [-0.25, -0.2) is 0 Å². The molecule has 1 aromatic carbocycles. The molecule has 0 radical (unpaired) electrons. The van der Waals surface area contributed by atoms with Gasteiger partial charge in [-0.05, 0) is 36.8 Å². The molecule has 0 N–H and O–H groups in total. The molecule has 100 valence electrons. The molecule has 0 unspecified atom stereocenters. The van der Waals surface area contributed by atoms with Crippen LogP contribution < -0.4 is 0 Å². The minimum Gasteiger partial charge on any atom is -0.344 e. The molecule has 2 rings (SSSR count). The Bertz CT molecular complexity index is 577. The average Bonchev–Trinajstić information content (AvgIpc) is 2.86. The van der Waals surface area contributed by atoms with Gasteiger partial charge in [-0.3, -0.25) is 4.79 Å². The Balaban J connectivity index is 2.12. The van der Waals surface area contributed by atoms with E-state index in [1.54, 1.807) is 4.90 Å². The Hall–Kier alpha value is -1.55. The van der Waals surface area contributed by atoms with Crippen LogP contribution in [-0.4, -0.2) is 22.4 Å². The number of halogens is 1. The quantitative estimate of drug-likeness (QED) is 0.845. The van der Waals surface area contributed by atoms with Gasteiger partial charge in [0, 0.05) is 30.8 Å². The van der Waals surface area contributed by atoms with E-state index in [4.69, 9.17) is 0 Å². The number of aromatic nitrogens is 1. The molecule has 0 aliphatic carbocycles. The van der Waals surface area contributed by atoms with Gasteiger partial charge in [0.25, 0.3) is 5.91 Å². The summed E-state index contributed by atoms with van der Waals surface area (Å²) in [6.45, 7) is 3.44. The number of benzene rings is 1. The minimum absolute atomic E-state index is 0.0480. The third-order valence-electron chi connectivity index (χ3n) is 3.04. The lowest BCUT2D eigenvalue weighted by molar-refractivity contribution is 0.0774. The number of rotatable bonds is 4. The predicted molar refractivity (Wildman–Crippen MR) is 80.0 cm³/mol. The summed E-state index contributed by atoms with van der Waals surface area (Å²) in [5.74, 6) is 0.0480. The van der Waals surface area contributed by atoms with E-state index in [0.717, 1.165) is 22.3 Å². The van der Waals surface area contributed by atoms with Crippen molar-refractivity contribution >= 4 is 21.8 Å². The van der Waals surface area contributed by atoms with Crippen LogP contribution in [0.1, 0.15) is 23.0 Å². The zero-order valence-electron chi connectivity index (χ0n) is 11.1. The van der Waals surface area contributed by atoms with Crippen LogP contribution in [0.3, 0.4) is 0 Å². The predicted octanol–water partition coefficient (Wildman–Crippen LogP) is 3.54. The fourth-order valence-corrected chi connectivity index (χ4v) is 2.51. The van der Waals surface area contributed by atoms with Gasteiger partial charge in [-0.2, -0.15) is 0 Å².